The molecule has 1 saturated heterocycles. The number of aliphatic hydroxyl groups is 1. The highest BCUT2D eigenvalue weighted by molar-refractivity contribution is 5.34. The average molecular weight is 227 g/mol. The number of ether oxygens (including phenoxy) is 1. The maximum atomic E-state index is 10.7. The molecule has 0 spiro atoms. The summed E-state index contributed by atoms with van der Waals surface area (Å²) in [4.78, 5) is 10.3. The van der Waals surface area contributed by atoms with E-state index >= 15 is 0 Å². The third-order valence-corrected chi connectivity index (χ3v) is 2.73. The summed E-state index contributed by atoms with van der Waals surface area (Å²) in [5.74, 6) is -0.0972. The molecule has 1 aliphatic rings. The smallest absolute Gasteiger partial charge is 0.310 e. The van der Waals surface area contributed by atoms with Crippen LogP contribution in [0.4, 0.5) is 5.69 Å². The molecule has 0 bridgehead atoms. The van der Waals surface area contributed by atoms with Gasteiger partial charge in [0.1, 0.15) is 11.9 Å². The highest BCUT2D eigenvalue weighted by Crippen LogP contribution is 2.29. The number of rotatable bonds is 2. The largest absolute Gasteiger partial charge is 0.391 e. The van der Waals surface area contributed by atoms with Crippen molar-refractivity contribution in [2.24, 2.45) is 0 Å². The summed E-state index contributed by atoms with van der Waals surface area (Å²) in [5.41, 5.74) is 0.476. The van der Waals surface area contributed by atoms with Crippen LogP contribution < -0.4 is 0 Å². The fourth-order valence-corrected chi connectivity index (χ4v) is 1.87. The van der Waals surface area contributed by atoms with Gasteiger partial charge in [0, 0.05) is 5.92 Å². The van der Waals surface area contributed by atoms with Crippen LogP contribution in [0.2, 0.25) is 0 Å². The number of nitro groups is 1. The lowest BCUT2D eigenvalue weighted by Crippen LogP contribution is -2.11. The Labute approximate surface area is 91.6 Å². The second-order valence-electron chi connectivity index (χ2n) is 3.89. The maximum absolute atomic E-state index is 10.7. The molecule has 88 valence electrons. The number of nitrogens with one attached hydrogen (secondary N) is 1. The molecule has 0 aliphatic carbocycles. The molecule has 1 aromatic heterocycles. The van der Waals surface area contributed by atoms with Gasteiger partial charge in [0.2, 0.25) is 0 Å². The van der Waals surface area contributed by atoms with Crippen molar-refractivity contribution in [2.75, 3.05) is 13.2 Å². The van der Waals surface area contributed by atoms with E-state index < -0.39 is 11.0 Å². The molecular formula is C9H13N3O4. The first-order valence-corrected chi connectivity index (χ1v) is 5.12. The van der Waals surface area contributed by atoms with Crippen molar-refractivity contribution in [1.29, 1.82) is 0 Å². The lowest BCUT2D eigenvalue weighted by molar-refractivity contribution is -0.385. The molecule has 2 rings (SSSR count). The van der Waals surface area contributed by atoms with E-state index in [1.165, 1.54) is 6.20 Å². The van der Waals surface area contributed by atoms with Gasteiger partial charge in [-0.3, -0.25) is 15.2 Å². The Morgan fingerprint density at radius 2 is 2.38 bits per heavy atom. The van der Waals surface area contributed by atoms with E-state index in [0.29, 0.717) is 31.7 Å². The Morgan fingerprint density at radius 1 is 1.56 bits per heavy atom. The number of H-pyrrole nitrogens is 1. The van der Waals surface area contributed by atoms with E-state index in [9.17, 15) is 15.2 Å². The first-order chi connectivity index (χ1) is 7.68. The summed E-state index contributed by atoms with van der Waals surface area (Å²) in [6.45, 7) is 0.665. The molecule has 7 heteroatoms. The van der Waals surface area contributed by atoms with Crippen molar-refractivity contribution >= 4 is 5.69 Å². The summed E-state index contributed by atoms with van der Waals surface area (Å²) >= 11 is 0. The predicted molar refractivity (Wildman–Crippen MR) is 54.0 cm³/mol. The second kappa shape index (κ2) is 4.58. The van der Waals surface area contributed by atoms with Crippen LogP contribution in [0.1, 0.15) is 24.5 Å². The van der Waals surface area contributed by atoms with Gasteiger partial charge in [0.05, 0.1) is 24.2 Å². The van der Waals surface area contributed by atoms with Crippen LogP contribution in [0.25, 0.3) is 0 Å². The Hall–Kier alpha value is -1.47. The normalized spacial score (nSPS) is 26.3. The van der Waals surface area contributed by atoms with E-state index in [4.69, 9.17) is 4.74 Å². The van der Waals surface area contributed by atoms with Crippen molar-refractivity contribution < 1.29 is 14.8 Å². The lowest BCUT2D eigenvalue weighted by Gasteiger charge is -2.10. The number of aromatic amines is 1. The van der Waals surface area contributed by atoms with Crippen molar-refractivity contribution in [1.82, 2.24) is 10.2 Å². The second-order valence-corrected chi connectivity index (χ2v) is 3.89. The molecule has 1 fully saturated rings. The molecule has 16 heavy (non-hydrogen) atoms. The highest BCUT2D eigenvalue weighted by atomic mass is 16.6. The minimum Gasteiger partial charge on any atom is -0.391 e. The van der Waals surface area contributed by atoms with E-state index in [0.717, 1.165) is 0 Å². The van der Waals surface area contributed by atoms with Gasteiger partial charge >= 0.3 is 5.69 Å². The fraction of sp³-hybridized carbons (Fsp3) is 0.667. The van der Waals surface area contributed by atoms with Crippen LogP contribution in [0.15, 0.2) is 6.20 Å². The van der Waals surface area contributed by atoms with Gasteiger partial charge in [-0.15, -0.1) is 0 Å². The molecule has 0 amide bonds. The fourth-order valence-electron chi connectivity index (χ4n) is 1.87. The summed E-state index contributed by atoms with van der Waals surface area (Å²) < 4.78 is 5.26. The van der Waals surface area contributed by atoms with Gasteiger partial charge < -0.3 is 9.84 Å². The first-order valence-electron chi connectivity index (χ1n) is 5.12. The van der Waals surface area contributed by atoms with Crippen molar-refractivity contribution in [3.63, 3.8) is 0 Å². The molecule has 2 atom stereocenters. The summed E-state index contributed by atoms with van der Waals surface area (Å²) in [6, 6.07) is 0. The van der Waals surface area contributed by atoms with E-state index in [-0.39, 0.29) is 11.6 Å². The van der Waals surface area contributed by atoms with Gasteiger partial charge in [-0.1, -0.05) is 0 Å². The van der Waals surface area contributed by atoms with E-state index in [1.807, 2.05) is 0 Å². The van der Waals surface area contributed by atoms with Crippen molar-refractivity contribution in [2.45, 2.75) is 24.9 Å². The van der Waals surface area contributed by atoms with Crippen LogP contribution in [0.5, 0.6) is 0 Å². The first kappa shape index (κ1) is 11.0. The number of aliphatic hydroxyl groups excluding tert-OH is 1. The molecule has 1 aromatic rings. The molecule has 1 aliphatic heterocycles. The van der Waals surface area contributed by atoms with Gasteiger partial charge in [-0.2, -0.15) is 5.10 Å². The third kappa shape index (κ3) is 2.20. The minimum absolute atomic E-state index is 0.00927. The zero-order valence-electron chi connectivity index (χ0n) is 8.63. The van der Waals surface area contributed by atoms with Gasteiger partial charge in [-0.05, 0) is 12.8 Å². The Bertz CT molecular complexity index is 379. The van der Waals surface area contributed by atoms with Crippen molar-refractivity contribution in [3.05, 3.63) is 22.0 Å². The maximum Gasteiger partial charge on any atom is 0.310 e. The minimum atomic E-state index is -0.480. The van der Waals surface area contributed by atoms with Crippen LogP contribution >= 0.6 is 0 Å². The zero-order valence-corrected chi connectivity index (χ0v) is 8.63. The molecule has 0 aromatic carbocycles. The van der Waals surface area contributed by atoms with E-state index in [2.05, 4.69) is 10.2 Å². The van der Waals surface area contributed by atoms with Gasteiger partial charge in [-0.25, -0.2) is 0 Å². The molecule has 2 heterocycles. The lowest BCUT2D eigenvalue weighted by atomic mass is 9.99. The van der Waals surface area contributed by atoms with Gasteiger partial charge in [0.15, 0.2) is 0 Å². The number of aromatic nitrogens is 2. The number of hydrogen-bond acceptors (Lipinski definition) is 5. The molecule has 2 N–H and O–H groups in total. The molecule has 2 unspecified atom stereocenters. The number of nitrogens with zero attached hydrogens (tertiary/aromatic N) is 2. The van der Waals surface area contributed by atoms with Crippen LogP contribution in [0, 0.1) is 10.1 Å². The van der Waals surface area contributed by atoms with Crippen LogP contribution in [0.3, 0.4) is 0 Å². The topological polar surface area (TPSA) is 101 Å². The molecule has 0 saturated carbocycles. The summed E-state index contributed by atoms with van der Waals surface area (Å²) in [5, 5.41) is 26.5. The molecule has 0 radical (unpaired) electrons. The Morgan fingerprint density at radius 3 is 3.12 bits per heavy atom. The van der Waals surface area contributed by atoms with Crippen LogP contribution in [-0.4, -0.2) is 39.5 Å². The quantitative estimate of drug-likeness (QED) is 0.568. The molecule has 7 nitrogen and oxygen atoms in total. The Kier molecular flexibility index (Phi) is 3.16. The average Bonchev–Trinajstić information content (AvgIpc) is 2.63. The summed E-state index contributed by atoms with van der Waals surface area (Å²) in [7, 11) is 0. The van der Waals surface area contributed by atoms with Crippen LogP contribution in [-0.2, 0) is 4.74 Å². The highest BCUT2D eigenvalue weighted by Gasteiger charge is 2.27. The van der Waals surface area contributed by atoms with Gasteiger partial charge in [0.25, 0.3) is 0 Å². The summed E-state index contributed by atoms with van der Waals surface area (Å²) in [6.07, 6.45) is 1.97. The standard InChI is InChI=1S/C9H13N3O4/c13-7-2-1-6(4-16-5-7)9-8(12(14)15)3-10-11-9/h3,6-7,13H,1-2,4-5H2,(H,10,11). The zero-order chi connectivity index (χ0) is 11.5. The predicted octanol–water partition coefficient (Wildman–Crippen LogP) is 0.573. The monoisotopic (exact) mass is 227 g/mol. The van der Waals surface area contributed by atoms with E-state index in [1.54, 1.807) is 0 Å². The SMILES string of the molecule is O=[N+]([O-])c1cn[nH]c1C1CCC(O)COC1. The van der Waals surface area contributed by atoms with Crippen molar-refractivity contribution in [3.8, 4) is 0 Å². The Balaban J connectivity index is 2.16. The molecular weight excluding hydrogens is 214 g/mol. The number of hydrogen-bond donors (Lipinski definition) is 2. The third-order valence-electron chi connectivity index (χ3n) is 2.73.